The Hall–Kier alpha value is -2.27. The highest BCUT2D eigenvalue weighted by Crippen LogP contribution is 2.29. The molecule has 1 aliphatic heterocycles. The Kier molecular flexibility index (Phi) is 4.56. The fraction of sp³-hybridized carbons (Fsp3) is 0.250. The van der Waals surface area contributed by atoms with Crippen molar-refractivity contribution in [3.05, 3.63) is 47.0 Å². The molecule has 22 heavy (non-hydrogen) atoms. The number of hydrogen-bond acceptors (Lipinski definition) is 5. The second-order valence-corrected chi connectivity index (χ2v) is 5.46. The summed E-state index contributed by atoms with van der Waals surface area (Å²) < 4.78 is 15.5. The van der Waals surface area contributed by atoms with Crippen LogP contribution in [0.5, 0.6) is 5.75 Å². The summed E-state index contributed by atoms with van der Waals surface area (Å²) in [5, 5.41) is 0.440. The van der Waals surface area contributed by atoms with E-state index in [2.05, 4.69) is 6.58 Å². The molecule has 0 saturated carbocycles. The molecule has 0 atom stereocenters. The number of halogens is 1. The van der Waals surface area contributed by atoms with E-state index in [1.807, 2.05) is 0 Å². The van der Waals surface area contributed by atoms with E-state index in [9.17, 15) is 9.59 Å². The van der Waals surface area contributed by atoms with Gasteiger partial charge in [0.25, 0.3) is 5.79 Å². The predicted molar refractivity (Wildman–Crippen MR) is 81.4 cm³/mol. The molecule has 1 saturated heterocycles. The third kappa shape index (κ3) is 3.68. The molecule has 6 heteroatoms. The number of benzene rings is 1. The SMILES string of the molecule is C=CCOc1ccc(Cl)cc1C=C1C(=O)OC(C)(C)OC1=O. The van der Waals surface area contributed by atoms with Crippen LogP contribution in [0.25, 0.3) is 6.08 Å². The molecule has 0 aliphatic carbocycles. The van der Waals surface area contributed by atoms with E-state index in [1.54, 1.807) is 24.3 Å². The first kappa shape index (κ1) is 16.1. The molecule has 1 heterocycles. The number of hydrogen-bond donors (Lipinski definition) is 0. The van der Waals surface area contributed by atoms with Gasteiger partial charge in [0.05, 0.1) is 0 Å². The van der Waals surface area contributed by atoms with Gasteiger partial charge in [-0.3, -0.25) is 0 Å². The Morgan fingerprint density at radius 3 is 2.50 bits per heavy atom. The van der Waals surface area contributed by atoms with E-state index in [0.29, 0.717) is 16.3 Å². The zero-order valence-corrected chi connectivity index (χ0v) is 13.0. The minimum absolute atomic E-state index is 0.218. The zero-order valence-electron chi connectivity index (χ0n) is 12.2. The second kappa shape index (κ2) is 6.23. The Bertz CT molecular complexity index is 639. The number of rotatable bonds is 4. The molecule has 1 fully saturated rings. The molecular formula is C16H15ClO5. The third-order valence-electron chi connectivity index (χ3n) is 2.75. The lowest BCUT2D eigenvalue weighted by Gasteiger charge is -2.29. The fourth-order valence-electron chi connectivity index (χ4n) is 1.85. The van der Waals surface area contributed by atoms with Crippen molar-refractivity contribution in [3.63, 3.8) is 0 Å². The van der Waals surface area contributed by atoms with Crippen molar-refractivity contribution in [3.8, 4) is 5.75 Å². The van der Waals surface area contributed by atoms with E-state index in [0.717, 1.165) is 0 Å². The van der Waals surface area contributed by atoms with Crippen LogP contribution in [0.15, 0.2) is 36.4 Å². The summed E-state index contributed by atoms with van der Waals surface area (Å²) in [6, 6.07) is 4.86. The lowest BCUT2D eigenvalue weighted by atomic mass is 10.1. The summed E-state index contributed by atoms with van der Waals surface area (Å²) in [5.41, 5.74) is 0.253. The maximum absolute atomic E-state index is 12.0. The number of cyclic esters (lactones) is 2. The molecule has 1 aromatic rings. The molecule has 1 aliphatic rings. The van der Waals surface area contributed by atoms with Gasteiger partial charge in [-0.15, -0.1) is 0 Å². The lowest BCUT2D eigenvalue weighted by molar-refractivity contribution is -0.222. The molecule has 0 bridgehead atoms. The highest BCUT2D eigenvalue weighted by molar-refractivity contribution is 6.30. The van der Waals surface area contributed by atoms with Crippen LogP contribution in [0.4, 0.5) is 0 Å². The van der Waals surface area contributed by atoms with Crippen molar-refractivity contribution >= 4 is 29.6 Å². The first-order valence-electron chi connectivity index (χ1n) is 6.54. The van der Waals surface area contributed by atoms with Crippen LogP contribution >= 0.6 is 11.6 Å². The summed E-state index contributed by atoms with van der Waals surface area (Å²) >= 11 is 5.95. The van der Waals surface area contributed by atoms with Crippen molar-refractivity contribution in [1.29, 1.82) is 0 Å². The quantitative estimate of drug-likeness (QED) is 0.369. The van der Waals surface area contributed by atoms with Crippen LogP contribution in [0.1, 0.15) is 19.4 Å². The third-order valence-corrected chi connectivity index (χ3v) is 2.98. The van der Waals surface area contributed by atoms with Crippen LogP contribution in [0.2, 0.25) is 5.02 Å². The van der Waals surface area contributed by atoms with Gasteiger partial charge in [0.1, 0.15) is 17.9 Å². The molecule has 0 amide bonds. The van der Waals surface area contributed by atoms with Gasteiger partial charge in [0.2, 0.25) is 0 Å². The van der Waals surface area contributed by atoms with E-state index in [4.69, 9.17) is 25.8 Å². The average Bonchev–Trinajstić information content (AvgIpc) is 2.41. The summed E-state index contributed by atoms with van der Waals surface area (Å²) in [6.07, 6.45) is 2.92. The number of carbonyl (C=O) groups is 2. The number of ether oxygens (including phenoxy) is 3. The van der Waals surface area contributed by atoms with Gasteiger partial charge in [-0.2, -0.15) is 0 Å². The van der Waals surface area contributed by atoms with Crippen LogP contribution < -0.4 is 4.74 Å². The van der Waals surface area contributed by atoms with Crippen molar-refractivity contribution in [2.75, 3.05) is 6.61 Å². The molecule has 0 spiro atoms. The van der Waals surface area contributed by atoms with Gasteiger partial charge >= 0.3 is 11.9 Å². The minimum Gasteiger partial charge on any atom is -0.489 e. The van der Waals surface area contributed by atoms with Gasteiger partial charge in [-0.05, 0) is 24.3 Å². The molecule has 0 radical (unpaired) electrons. The number of carbonyl (C=O) groups excluding carboxylic acids is 2. The molecule has 0 aromatic heterocycles. The van der Waals surface area contributed by atoms with E-state index in [-0.39, 0.29) is 12.2 Å². The predicted octanol–water partition coefficient (Wildman–Crippen LogP) is 3.12. The van der Waals surface area contributed by atoms with Gasteiger partial charge < -0.3 is 14.2 Å². The lowest BCUT2D eigenvalue weighted by Crippen LogP contribution is -2.41. The largest absolute Gasteiger partial charge is 0.489 e. The van der Waals surface area contributed by atoms with Gasteiger partial charge in [0.15, 0.2) is 0 Å². The van der Waals surface area contributed by atoms with Crippen LogP contribution in [0, 0.1) is 0 Å². The highest BCUT2D eigenvalue weighted by Gasteiger charge is 2.38. The van der Waals surface area contributed by atoms with Crippen molar-refractivity contribution in [2.45, 2.75) is 19.6 Å². The Labute approximate surface area is 133 Å². The molecule has 1 aromatic carbocycles. The molecule has 0 unspecified atom stereocenters. The first-order chi connectivity index (χ1) is 10.3. The van der Waals surface area contributed by atoms with E-state index in [1.165, 1.54) is 19.9 Å². The summed E-state index contributed by atoms with van der Waals surface area (Å²) in [4.78, 5) is 23.9. The number of esters is 2. The van der Waals surface area contributed by atoms with Gasteiger partial charge in [-0.25, -0.2) is 9.59 Å². The summed E-state index contributed by atoms with van der Waals surface area (Å²) in [5.74, 6) is -2.32. The van der Waals surface area contributed by atoms with E-state index >= 15 is 0 Å². The standard InChI is InChI=1S/C16H15ClO5/c1-4-7-20-13-6-5-11(17)8-10(13)9-12-14(18)21-16(2,3)22-15(12)19/h4-6,8-9H,1,7H2,2-3H3. The Morgan fingerprint density at radius 1 is 1.27 bits per heavy atom. The van der Waals surface area contributed by atoms with Crippen LogP contribution in [0.3, 0.4) is 0 Å². The van der Waals surface area contributed by atoms with Crippen LogP contribution in [-0.2, 0) is 19.1 Å². The van der Waals surface area contributed by atoms with Crippen molar-refractivity contribution < 1.29 is 23.8 Å². The minimum atomic E-state index is -1.28. The maximum atomic E-state index is 12.0. The smallest absolute Gasteiger partial charge is 0.348 e. The van der Waals surface area contributed by atoms with Crippen LogP contribution in [-0.4, -0.2) is 24.3 Å². The highest BCUT2D eigenvalue weighted by atomic mass is 35.5. The van der Waals surface area contributed by atoms with Gasteiger partial charge in [-0.1, -0.05) is 24.3 Å². The normalized spacial score (nSPS) is 16.6. The monoisotopic (exact) mass is 322 g/mol. The molecular weight excluding hydrogens is 308 g/mol. The van der Waals surface area contributed by atoms with Crippen molar-refractivity contribution in [1.82, 2.24) is 0 Å². The molecule has 116 valence electrons. The summed E-state index contributed by atoms with van der Waals surface area (Å²) in [6.45, 7) is 6.81. The van der Waals surface area contributed by atoms with E-state index < -0.39 is 17.7 Å². The fourth-order valence-corrected chi connectivity index (χ4v) is 2.03. The van der Waals surface area contributed by atoms with Gasteiger partial charge in [0, 0.05) is 24.4 Å². The molecule has 5 nitrogen and oxygen atoms in total. The topological polar surface area (TPSA) is 61.8 Å². The molecule has 2 rings (SSSR count). The second-order valence-electron chi connectivity index (χ2n) is 5.02. The maximum Gasteiger partial charge on any atom is 0.348 e. The average molecular weight is 323 g/mol. The Balaban J connectivity index is 2.39. The zero-order chi connectivity index (χ0) is 16.3. The molecule has 0 N–H and O–H groups in total. The summed E-state index contributed by atoms with van der Waals surface area (Å²) in [7, 11) is 0. The Morgan fingerprint density at radius 2 is 1.91 bits per heavy atom. The first-order valence-corrected chi connectivity index (χ1v) is 6.92. The van der Waals surface area contributed by atoms with Crippen molar-refractivity contribution in [2.24, 2.45) is 0 Å².